The van der Waals surface area contributed by atoms with Gasteiger partial charge in [-0.2, -0.15) is 0 Å². The predicted octanol–water partition coefficient (Wildman–Crippen LogP) is 12.4. The highest BCUT2D eigenvalue weighted by Crippen LogP contribution is 2.45. The molecule has 3 heterocycles. The number of hydrogen-bond acceptors (Lipinski definition) is 4. The molecule has 0 amide bonds. The van der Waals surface area contributed by atoms with Crippen molar-refractivity contribution in [3.63, 3.8) is 0 Å². The fourth-order valence-electron chi connectivity index (χ4n) is 7.14. The lowest BCUT2D eigenvalue weighted by Gasteiger charge is -2.14. The Bertz CT molecular complexity index is 2820. The molecular formula is C45H27N3S. The Balaban J connectivity index is 1.26. The summed E-state index contributed by atoms with van der Waals surface area (Å²) in [5.74, 6) is 0.702. The van der Waals surface area contributed by atoms with Crippen molar-refractivity contribution in [1.82, 2.24) is 15.0 Å². The molecule has 0 saturated carbocycles. The first-order valence-electron chi connectivity index (χ1n) is 16.4. The molecule has 0 fully saturated rings. The highest BCUT2D eigenvalue weighted by atomic mass is 32.1. The van der Waals surface area contributed by atoms with Gasteiger partial charge in [-0.1, -0.05) is 140 Å². The first-order chi connectivity index (χ1) is 24.3. The number of fused-ring (bicyclic) bond motifs is 8. The van der Waals surface area contributed by atoms with Crippen LogP contribution in [0.15, 0.2) is 164 Å². The van der Waals surface area contributed by atoms with Crippen LogP contribution in [0.2, 0.25) is 0 Å². The van der Waals surface area contributed by atoms with E-state index in [2.05, 4.69) is 127 Å². The van der Waals surface area contributed by atoms with E-state index in [9.17, 15) is 0 Å². The molecule has 0 aliphatic heterocycles. The quantitative estimate of drug-likeness (QED) is 0.180. The van der Waals surface area contributed by atoms with Crippen LogP contribution >= 0.6 is 11.3 Å². The number of nitrogens with zero attached hydrogens (tertiary/aromatic N) is 3. The molecule has 3 nitrogen and oxygen atoms in total. The second kappa shape index (κ2) is 11.2. The van der Waals surface area contributed by atoms with Gasteiger partial charge in [0.15, 0.2) is 5.82 Å². The summed E-state index contributed by atoms with van der Waals surface area (Å²) in [7, 11) is 0. The lowest BCUT2D eigenvalue weighted by molar-refractivity contribution is 1.18. The van der Waals surface area contributed by atoms with Gasteiger partial charge >= 0.3 is 0 Å². The van der Waals surface area contributed by atoms with E-state index in [1.807, 2.05) is 47.7 Å². The summed E-state index contributed by atoms with van der Waals surface area (Å²) >= 11 is 1.84. The third-order valence-corrected chi connectivity index (χ3v) is 10.7. The largest absolute Gasteiger partial charge is 0.247 e. The zero-order chi connectivity index (χ0) is 32.3. The summed E-state index contributed by atoms with van der Waals surface area (Å²) in [5.41, 5.74) is 7.91. The van der Waals surface area contributed by atoms with Crippen molar-refractivity contribution in [3.05, 3.63) is 164 Å². The Morgan fingerprint density at radius 1 is 0.408 bits per heavy atom. The van der Waals surface area contributed by atoms with Gasteiger partial charge < -0.3 is 0 Å². The molecule has 0 radical (unpaired) electrons. The van der Waals surface area contributed by atoms with Crippen molar-refractivity contribution < 1.29 is 0 Å². The second-order valence-electron chi connectivity index (χ2n) is 12.4. The van der Waals surface area contributed by atoms with E-state index in [0.29, 0.717) is 5.82 Å². The minimum atomic E-state index is 0.702. The van der Waals surface area contributed by atoms with E-state index in [4.69, 9.17) is 15.0 Å². The van der Waals surface area contributed by atoms with Crippen molar-refractivity contribution in [1.29, 1.82) is 0 Å². The van der Waals surface area contributed by atoms with Crippen molar-refractivity contribution in [2.24, 2.45) is 0 Å². The molecule has 0 aliphatic carbocycles. The Kier molecular flexibility index (Phi) is 6.36. The lowest BCUT2D eigenvalue weighted by atomic mass is 9.93. The van der Waals surface area contributed by atoms with Gasteiger partial charge in [0.05, 0.1) is 22.6 Å². The van der Waals surface area contributed by atoms with Crippen molar-refractivity contribution in [3.8, 4) is 45.2 Å². The van der Waals surface area contributed by atoms with E-state index in [0.717, 1.165) is 50.2 Å². The van der Waals surface area contributed by atoms with Gasteiger partial charge in [0.1, 0.15) is 0 Å². The summed E-state index contributed by atoms with van der Waals surface area (Å²) in [5, 5.41) is 8.50. The van der Waals surface area contributed by atoms with Gasteiger partial charge in [0.2, 0.25) is 0 Å². The Morgan fingerprint density at radius 2 is 1.04 bits per heavy atom. The first kappa shape index (κ1) is 27.8. The van der Waals surface area contributed by atoms with Gasteiger partial charge in [-0.05, 0) is 45.8 Å². The molecule has 0 unspecified atom stereocenters. The van der Waals surface area contributed by atoms with E-state index in [1.165, 1.54) is 41.7 Å². The predicted molar refractivity (Wildman–Crippen MR) is 207 cm³/mol. The number of benzene rings is 7. The fraction of sp³-hybridized carbons (Fsp3) is 0. The van der Waals surface area contributed by atoms with Crippen LogP contribution in [0.1, 0.15) is 0 Å². The zero-order valence-electron chi connectivity index (χ0n) is 26.3. The molecule has 7 aromatic carbocycles. The molecular weight excluding hydrogens is 615 g/mol. The average molecular weight is 642 g/mol. The first-order valence-corrected chi connectivity index (χ1v) is 17.3. The van der Waals surface area contributed by atoms with Crippen LogP contribution in [0, 0.1) is 0 Å². The van der Waals surface area contributed by atoms with Crippen LogP contribution in [-0.2, 0) is 0 Å². The number of hydrogen-bond donors (Lipinski definition) is 0. The van der Waals surface area contributed by atoms with Crippen LogP contribution in [-0.4, -0.2) is 15.0 Å². The highest BCUT2D eigenvalue weighted by molar-refractivity contribution is 7.26. The van der Waals surface area contributed by atoms with E-state index in [1.54, 1.807) is 0 Å². The third-order valence-electron chi connectivity index (χ3n) is 9.45. The fourth-order valence-corrected chi connectivity index (χ4v) is 8.37. The van der Waals surface area contributed by atoms with Gasteiger partial charge in [-0.25, -0.2) is 15.0 Å². The Hall–Kier alpha value is -6.23. The molecule has 0 bridgehead atoms. The molecule has 228 valence electrons. The second-order valence-corrected chi connectivity index (χ2v) is 13.4. The van der Waals surface area contributed by atoms with E-state index in [-0.39, 0.29) is 0 Å². The molecule has 4 heteroatoms. The molecule has 3 aromatic heterocycles. The number of thiophene rings is 1. The minimum Gasteiger partial charge on any atom is -0.247 e. The maximum atomic E-state index is 5.56. The van der Waals surface area contributed by atoms with Gasteiger partial charge in [-0.3, -0.25) is 0 Å². The van der Waals surface area contributed by atoms with Crippen molar-refractivity contribution >= 4 is 64.0 Å². The molecule has 10 aromatic rings. The lowest BCUT2D eigenvalue weighted by Crippen LogP contribution is -1.96. The summed E-state index contributed by atoms with van der Waals surface area (Å²) < 4.78 is 2.51. The highest BCUT2D eigenvalue weighted by Gasteiger charge is 2.20. The molecule has 49 heavy (non-hydrogen) atoms. The van der Waals surface area contributed by atoms with E-state index < -0.39 is 0 Å². The van der Waals surface area contributed by atoms with Gasteiger partial charge in [0.25, 0.3) is 0 Å². The summed E-state index contributed by atoms with van der Waals surface area (Å²) in [6, 6.07) is 57.7. The van der Waals surface area contributed by atoms with Gasteiger partial charge in [0, 0.05) is 47.8 Å². The normalized spacial score (nSPS) is 11.7. The summed E-state index contributed by atoms with van der Waals surface area (Å²) in [6.45, 7) is 0. The molecule has 10 rings (SSSR count). The Labute approximate surface area is 286 Å². The summed E-state index contributed by atoms with van der Waals surface area (Å²) in [4.78, 5) is 15.7. The van der Waals surface area contributed by atoms with Crippen LogP contribution < -0.4 is 0 Å². The van der Waals surface area contributed by atoms with Crippen molar-refractivity contribution in [2.75, 3.05) is 0 Å². The maximum Gasteiger partial charge on any atom is 0.160 e. The number of aromatic nitrogens is 3. The molecule has 0 N–H and O–H groups in total. The molecule has 0 spiro atoms. The number of pyridine rings is 1. The molecule has 0 aliphatic rings. The van der Waals surface area contributed by atoms with Crippen LogP contribution in [0.4, 0.5) is 0 Å². The summed E-state index contributed by atoms with van der Waals surface area (Å²) in [6.07, 6.45) is 0. The zero-order valence-corrected chi connectivity index (χ0v) is 27.2. The SMILES string of the molecule is c1ccc(-c2cc(-c3ccc4c(c3)nc(-c3cc5ccccc5c5ccccc35)c3c5ccccc5sc43)nc(-c3ccccc3)n2)cc1. The van der Waals surface area contributed by atoms with Crippen molar-refractivity contribution in [2.45, 2.75) is 0 Å². The van der Waals surface area contributed by atoms with Crippen LogP contribution in [0.5, 0.6) is 0 Å². The Morgan fingerprint density at radius 3 is 1.84 bits per heavy atom. The van der Waals surface area contributed by atoms with Crippen LogP contribution in [0.25, 0.3) is 97.8 Å². The van der Waals surface area contributed by atoms with Crippen LogP contribution in [0.3, 0.4) is 0 Å². The smallest absolute Gasteiger partial charge is 0.160 e. The average Bonchev–Trinajstić information content (AvgIpc) is 3.58. The van der Waals surface area contributed by atoms with Gasteiger partial charge in [-0.15, -0.1) is 11.3 Å². The standard InChI is InChI=1S/C45H27N3S/c1-3-13-28(14-4-1)38-27-39(48-45(47-38)29-15-5-2-6-16-29)31-23-24-35-40(26-31)46-43(42-36-21-11-12-22-41(36)49-44(35)42)37-25-30-17-7-8-18-32(30)33-19-9-10-20-34(33)37/h1-27H. The topological polar surface area (TPSA) is 38.7 Å². The van der Waals surface area contributed by atoms with E-state index >= 15 is 0 Å². The third kappa shape index (κ3) is 4.61. The minimum absolute atomic E-state index is 0.702. The maximum absolute atomic E-state index is 5.56. The molecule has 0 saturated heterocycles. The number of rotatable bonds is 4. The molecule has 0 atom stereocenters. The monoisotopic (exact) mass is 641 g/mol.